The number of benzene rings is 1. The Morgan fingerprint density at radius 2 is 2.21 bits per heavy atom. The Morgan fingerprint density at radius 3 is 3.00 bits per heavy atom. The number of aromatic amines is 1. The lowest BCUT2D eigenvalue weighted by Crippen LogP contribution is -2.48. The van der Waals surface area contributed by atoms with Gasteiger partial charge in [0.15, 0.2) is 5.72 Å². The molecular weight excluding hydrogens is 304 g/mol. The van der Waals surface area contributed by atoms with Crippen LogP contribution in [0, 0.1) is 0 Å². The van der Waals surface area contributed by atoms with Crippen LogP contribution in [0.5, 0.6) is 0 Å². The van der Waals surface area contributed by atoms with E-state index in [1.807, 2.05) is 29.3 Å². The molecule has 3 saturated heterocycles. The topological polar surface area (TPSA) is 61.5 Å². The van der Waals surface area contributed by atoms with Crippen molar-refractivity contribution in [1.82, 2.24) is 19.8 Å². The first-order valence-electron chi connectivity index (χ1n) is 8.51. The summed E-state index contributed by atoms with van der Waals surface area (Å²) in [5.41, 5.74) is 0.706. The summed E-state index contributed by atoms with van der Waals surface area (Å²) in [5, 5.41) is 0. The van der Waals surface area contributed by atoms with Crippen LogP contribution in [0.25, 0.3) is 0 Å². The number of carbonyl (C=O) groups excluding carboxylic acids is 1. The van der Waals surface area contributed by atoms with Crippen molar-refractivity contribution < 1.29 is 9.53 Å². The number of nitrogens with one attached hydrogen (secondary N) is 1. The molecule has 3 aliphatic rings. The van der Waals surface area contributed by atoms with Gasteiger partial charge in [-0.15, -0.1) is 0 Å². The Balaban J connectivity index is 1.45. The first kappa shape index (κ1) is 14.2. The number of likely N-dealkylation sites (tertiary alicyclic amines) is 1. The maximum Gasteiger partial charge on any atom is 0.227 e. The summed E-state index contributed by atoms with van der Waals surface area (Å²) in [6.07, 6.45) is 5.01. The van der Waals surface area contributed by atoms with Gasteiger partial charge in [0.25, 0.3) is 0 Å². The van der Waals surface area contributed by atoms with Crippen LogP contribution in [0.2, 0.25) is 0 Å². The second kappa shape index (κ2) is 5.16. The van der Waals surface area contributed by atoms with Crippen molar-refractivity contribution in [2.24, 2.45) is 0 Å². The molecule has 3 aliphatic heterocycles. The summed E-state index contributed by atoms with van der Waals surface area (Å²) in [6.45, 7) is 2.25. The standard InChI is InChI=1S/C18H20N4O2/c23-17-10-15-18(6-9-21(15)11-16-19-7-8-20-16)22(17)14(12-24-18)13-4-2-1-3-5-13/h1-5,7-8,14-15H,6,9-12H2,(H,19,20)/t14-,15+,18-/m0/s1. The Kier molecular flexibility index (Phi) is 3.05. The number of carbonyl (C=O) groups is 1. The molecule has 0 radical (unpaired) electrons. The van der Waals surface area contributed by atoms with Gasteiger partial charge in [0.05, 0.1) is 25.2 Å². The van der Waals surface area contributed by atoms with Gasteiger partial charge < -0.3 is 14.6 Å². The second-order valence-electron chi connectivity index (χ2n) is 6.82. The summed E-state index contributed by atoms with van der Waals surface area (Å²) in [7, 11) is 0. The van der Waals surface area contributed by atoms with E-state index in [4.69, 9.17) is 4.74 Å². The van der Waals surface area contributed by atoms with E-state index in [1.54, 1.807) is 6.20 Å². The number of H-pyrrole nitrogens is 1. The SMILES string of the molecule is O=C1C[C@H]2N(Cc3ncc[nH]3)CC[C@]23OC[C@@H](c2ccccc2)N13. The largest absolute Gasteiger partial charge is 0.351 e. The minimum absolute atomic E-state index is 0.0345. The van der Waals surface area contributed by atoms with Gasteiger partial charge in [-0.3, -0.25) is 9.69 Å². The number of nitrogens with zero attached hydrogens (tertiary/aromatic N) is 3. The molecule has 6 nitrogen and oxygen atoms in total. The van der Waals surface area contributed by atoms with Gasteiger partial charge in [0.2, 0.25) is 5.91 Å². The third-order valence-electron chi connectivity index (χ3n) is 5.66. The molecule has 1 aromatic heterocycles. The van der Waals surface area contributed by atoms with Crippen LogP contribution < -0.4 is 0 Å². The Hall–Kier alpha value is -2.18. The van der Waals surface area contributed by atoms with Crippen molar-refractivity contribution in [3.63, 3.8) is 0 Å². The monoisotopic (exact) mass is 324 g/mol. The summed E-state index contributed by atoms with van der Waals surface area (Å²) in [6, 6.07) is 10.4. The lowest BCUT2D eigenvalue weighted by atomic mass is 10.0. The predicted octanol–water partition coefficient (Wildman–Crippen LogP) is 1.68. The van der Waals surface area contributed by atoms with E-state index in [0.29, 0.717) is 13.0 Å². The van der Waals surface area contributed by atoms with E-state index in [9.17, 15) is 4.79 Å². The molecule has 0 saturated carbocycles. The van der Waals surface area contributed by atoms with Crippen molar-refractivity contribution >= 4 is 5.91 Å². The zero-order chi connectivity index (χ0) is 16.1. The average Bonchev–Trinajstić information content (AvgIpc) is 3.34. The molecule has 1 aromatic carbocycles. The molecule has 6 heteroatoms. The number of hydrogen-bond donors (Lipinski definition) is 1. The normalized spacial score (nSPS) is 32.3. The highest BCUT2D eigenvalue weighted by Crippen LogP contribution is 2.51. The fraction of sp³-hybridized carbons (Fsp3) is 0.444. The summed E-state index contributed by atoms with van der Waals surface area (Å²) < 4.78 is 6.31. The molecule has 1 N–H and O–H groups in total. The van der Waals surface area contributed by atoms with Gasteiger partial charge in [-0.05, 0) is 5.56 Å². The van der Waals surface area contributed by atoms with Crippen LogP contribution in [-0.2, 0) is 16.1 Å². The molecule has 0 unspecified atom stereocenters. The van der Waals surface area contributed by atoms with Gasteiger partial charge >= 0.3 is 0 Å². The highest BCUT2D eigenvalue weighted by Gasteiger charge is 2.64. The molecular formula is C18H20N4O2. The van der Waals surface area contributed by atoms with Crippen molar-refractivity contribution in [3.05, 3.63) is 54.1 Å². The van der Waals surface area contributed by atoms with Crippen molar-refractivity contribution in [1.29, 1.82) is 0 Å². The van der Waals surface area contributed by atoms with Gasteiger partial charge in [0, 0.05) is 31.8 Å². The lowest BCUT2D eigenvalue weighted by molar-refractivity contribution is -0.138. The van der Waals surface area contributed by atoms with Crippen LogP contribution in [0.3, 0.4) is 0 Å². The zero-order valence-electron chi connectivity index (χ0n) is 13.4. The molecule has 24 heavy (non-hydrogen) atoms. The maximum absolute atomic E-state index is 12.8. The Morgan fingerprint density at radius 1 is 1.33 bits per heavy atom. The molecule has 2 aromatic rings. The van der Waals surface area contributed by atoms with Crippen molar-refractivity contribution in [2.75, 3.05) is 13.2 Å². The highest BCUT2D eigenvalue weighted by molar-refractivity contribution is 5.82. The van der Waals surface area contributed by atoms with E-state index >= 15 is 0 Å². The molecule has 3 fully saturated rings. The third kappa shape index (κ3) is 1.90. The summed E-state index contributed by atoms with van der Waals surface area (Å²) in [4.78, 5) is 24.6. The van der Waals surface area contributed by atoms with Gasteiger partial charge in [-0.25, -0.2) is 4.98 Å². The van der Waals surface area contributed by atoms with Crippen LogP contribution in [-0.4, -0.2) is 50.6 Å². The number of aromatic nitrogens is 2. The predicted molar refractivity (Wildman–Crippen MR) is 86.7 cm³/mol. The molecule has 1 amide bonds. The summed E-state index contributed by atoms with van der Waals surface area (Å²) >= 11 is 0. The van der Waals surface area contributed by atoms with Crippen LogP contribution in [0.4, 0.5) is 0 Å². The van der Waals surface area contributed by atoms with Gasteiger partial charge in [0.1, 0.15) is 5.82 Å². The van der Waals surface area contributed by atoms with Gasteiger partial charge in [-0.1, -0.05) is 30.3 Å². The third-order valence-corrected chi connectivity index (χ3v) is 5.66. The Labute approximate surface area is 140 Å². The molecule has 5 rings (SSSR count). The van der Waals surface area contributed by atoms with Crippen LogP contribution in [0.1, 0.15) is 30.3 Å². The fourth-order valence-corrected chi connectivity index (χ4v) is 4.62. The number of imidazole rings is 1. The number of hydrogen-bond acceptors (Lipinski definition) is 4. The van der Waals surface area contributed by atoms with Crippen molar-refractivity contribution in [3.8, 4) is 0 Å². The molecule has 0 bridgehead atoms. The van der Waals surface area contributed by atoms with E-state index in [0.717, 1.165) is 30.9 Å². The van der Waals surface area contributed by atoms with E-state index < -0.39 is 5.72 Å². The highest BCUT2D eigenvalue weighted by atomic mass is 16.5. The van der Waals surface area contributed by atoms with Crippen LogP contribution >= 0.6 is 0 Å². The van der Waals surface area contributed by atoms with E-state index in [2.05, 4.69) is 27.0 Å². The Bertz CT molecular complexity index is 748. The second-order valence-corrected chi connectivity index (χ2v) is 6.82. The number of ether oxygens (including phenoxy) is 1. The molecule has 0 aliphatic carbocycles. The van der Waals surface area contributed by atoms with Crippen molar-refractivity contribution in [2.45, 2.75) is 37.2 Å². The molecule has 124 valence electrons. The minimum atomic E-state index is -0.454. The average molecular weight is 324 g/mol. The maximum atomic E-state index is 12.8. The fourth-order valence-electron chi connectivity index (χ4n) is 4.62. The smallest absolute Gasteiger partial charge is 0.227 e. The van der Waals surface area contributed by atoms with Gasteiger partial charge in [-0.2, -0.15) is 0 Å². The summed E-state index contributed by atoms with van der Waals surface area (Å²) in [5.74, 6) is 1.14. The molecule has 1 spiro atoms. The minimum Gasteiger partial charge on any atom is -0.351 e. The first-order chi connectivity index (χ1) is 11.8. The molecule has 3 atom stereocenters. The number of rotatable bonds is 3. The van der Waals surface area contributed by atoms with E-state index in [-0.39, 0.29) is 18.0 Å². The number of amides is 1. The zero-order valence-corrected chi connectivity index (χ0v) is 13.4. The molecule has 4 heterocycles. The van der Waals surface area contributed by atoms with Crippen LogP contribution in [0.15, 0.2) is 42.7 Å². The lowest BCUT2D eigenvalue weighted by Gasteiger charge is -2.33. The first-order valence-corrected chi connectivity index (χ1v) is 8.51. The quantitative estimate of drug-likeness (QED) is 0.933. The van der Waals surface area contributed by atoms with E-state index in [1.165, 1.54) is 0 Å².